The summed E-state index contributed by atoms with van der Waals surface area (Å²) in [4.78, 5) is 23.5. The number of halogens is 3. The van der Waals surface area contributed by atoms with Gasteiger partial charge in [0.2, 0.25) is 5.91 Å². The smallest absolute Gasteiger partial charge is 0.228 e. The molecule has 3 heterocycles. The number of aryl methyl sites for hydroxylation is 1. The van der Waals surface area contributed by atoms with E-state index in [4.69, 9.17) is 44.5 Å². The fourth-order valence-electron chi connectivity index (χ4n) is 6.90. The molecule has 2 N–H and O–H groups in total. The Labute approximate surface area is 286 Å². The van der Waals surface area contributed by atoms with Crippen molar-refractivity contribution in [3.63, 3.8) is 0 Å². The van der Waals surface area contributed by atoms with Crippen molar-refractivity contribution in [2.45, 2.75) is 82.6 Å². The van der Waals surface area contributed by atoms with E-state index in [9.17, 15) is 4.79 Å². The number of carbonyl (C=O) groups excluding carboxylic acids is 1. The molecule has 4 aliphatic rings. The molecule has 1 amide bonds. The number of piperidine rings is 1. The van der Waals surface area contributed by atoms with Gasteiger partial charge in [-0.05, 0) is 98.0 Å². The summed E-state index contributed by atoms with van der Waals surface area (Å²) in [6, 6.07) is 15.2. The maximum absolute atomic E-state index is 14.3. The number of anilines is 1. The molecule has 3 aromatic rings. The lowest BCUT2D eigenvalue weighted by atomic mass is 9.80. The molecule has 0 unspecified atom stereocenters. The van der Waals surface area contributed by atoms with E-state index < -0.39 is 0 Å². The Hall–Kier alpha value is -2.55. The Kier molecular flexibility index (Phi) is 9.67. The SMILES string of the molecule is Cc1cc(Cl)c(O[C@H]2CCN(c3ccc([C@H]4CCNC[C@@H]4C(=O)N(Cc4cc(CNC5CC5)ccc4Cl)C4CC4)cn3)C2)c(Cl)c1. The maximum Gasteiger partial charge on any atom is 0.228 e. The van der Waals surface area contributed by atoms with Gasteiger partial charge in [0, 0.05) is 55.9 Å². The minimum absolute atomic E-state index is 0.0253. The number of ether oxygens (including phenoxy) is 1. The van der Waals surface area contributed by atoms with Crippen molar-refractivity contribution in [1.82, 2.24) is 20.5 Å². The first kappa shape index (κ1) is 32.0. The monoisotopic (exact) mass is 681 g/mol. The molecule has 2 saturated heterocycles. The molecule has 2 saturated carbocycles. The van der Waals surface area contributed by atoms with Crippen LogP contribution >= 0.6 is 34.8 Å². The van der Waals surface area contributed by atoms with E-state index in [1.807, 2.05) is 31.3 Å². The minimum Gasteiger partial charge on any atom is -0.485 e. The van der Waals surface area contributed by atoms with Crippen LogP contribution in [0.4, 0.5) is 5.82 Å². The molecule has 2 aromatic carbocycles. The molecule has 2 aliphatic carbocycles. The predicted molar refractivity (Wildman–Crippen MR) is 185 cm³/mol. The van der Waals surface area contributed by atoms with Crippen LogP contribution in [-0.2, 0) is 17.9 Å². The van der Waals surface area contributed by atoms with Gasteiger partial charge in [0.25, 0.3) is 0 Å². The molecule has 3 atom stereocenters. The summed E-state index contributed by atoms with van der Waals surface area (Å²) in [5.74, 6) is 1.65. The highest BCUT2D eigenvalue weighted by Gasteiger charge is 2.40. The van der Waals surface area contributed by atoms with Gasteiger partial charge >= 0.3 is 0 Å². The zero-order valence-corrected chi connectivity index (χ0v) is 28.6. The van der Waals surface area contributed by atoms with Crippen LogP contribution in [0.25, 0.3) is 0 Å². The molecule has 0 spiro atoms. The van der Waals surface area contributed by atoms with Crippen LogP contribution in [0.15, 0.2) is 48.7 Å². The topological polar surface area (TPSA) is 69.7 Å². The third-order valence-electron chi connectivity index (χ3n) is 9.79. The van der Waals surface area contributed by atoms with Crippen molar-refractivity contribution in [2.24, 2.45) is 5.92 Å². The zero-order valence-electron chi connectivity index (χ0n) is 26.3. The van der Waals surface area contributed by atoms with E-state index in [-0.39, 0.29) is 29.9 Å². The normalized spacial score (nSPS) is 23.0. The van der Waals surface area contributed by atoms with Crippen LogP contribution < -0.4 is 20.3 Å². The van der Waals surface area contributed by atoms with Crippen molar-refractivity contribution >= 4 is 46.5 Å². The number of hydrogen-bond acceptors (Lipinski definition) is 6. The molecule has 2 aliphatic heterocycles. The van der Waals surface area contributed by atoms with E-state index in [0.29, 0.717) is 41.5 Å². The number of nitrogens with one attached hydrogen (secondary N) is 2. The van der Waals surface area contributed by atoms with Gasteiger partial charge in [-0.25, -0.2) is 4.98 Å². The molecule has 7 nitrogen and oxygen atoms in total. The number of rotatable bonds is 11. The second kappa shape index (κ2) is 13.9. The lowest BCUT2D eigenvalue weighted by Crippen LogP contribution is -2.47. The van der Waals surface area contributed by atoms with Crippen molar-refractivity contribution in [2.75, 3.05) is 31.1 Å². The number of amides is 1. The van der Waals surface area contributed by atoms with E-state index in [0.717, 1.165) is 72.8 Å². The van der Waals surface area contributed by atoms with Crippen LogP contribution in [0.3, 0.4) is 0 Å². The number of carbonyl (C=O) groups is 1. The summed E-state index contributed by atoms with van der Waals surface area (Å²) in [6.07, 6.45) is 8.32. The highest BCUT2D eigenvalue weighted by Crippen LogP contribution is 2.38. The quantitative estimate of drug-likeness (QED) is 0.224. The summed E-state index contributed by atoms with van der Waals surface area (Å²) < 4.78 is 6.24. The second-order valence-corrected chi connectivity index (χ2v) is 14.7. The number of aromatic nitrogens is 1. The highest BCUT2D eigenvalue weighted by atomic mass is 35.5. The summed E-state index contributed by atoms with van der Waals surface area (Å²) >= 11 is 19.6. The summed E-state index contributed by atoms with van der Waals surface area (Å²) in [5, 5.41) is 8.89. The Morgan fingerprint density at radius 2 is 1.83 bits per heavy atom. The first-order valence-corrected chi connectivity index (χ1v) is 17.8. The van der Waals surface area contributed by atoms with E-state index >= 15 is 0 Å². The molecular weight excluding hydrogens is 641 g/mol. The van der Waals surface area contributed by atoms with Crippen LogP contribution in [-0.4, -0.2) is 60.2 Å². The predicted octanol–water partition coefficient (Wildman–Crippen LogP) is 7.14. The molecule has 1 aromatic heterocycles. The second-order valence-electron chi connectivity index (χ2n) is 13.5. The van der Waals surface area contributed by atoms with E-state index in [1.54, 1.807) is 0 Å². The van der Waals surface area contributed by atoms with E-state index in [2.05, 4.69) is 44.7 Å². The van der Waals surface area contributed by atoms with Gasteiger partial charge in [-0.3, -0.25) is 4.79 Å². The first-order valence-electron chi connectivity index (χ1n) is 16.7. The summed E-state index contributed by atoms with van der Waals surface area (Å²) in [6.45, 7) is 6.45. The van der Waals surface area contributed by atoms with Crippen molar-refractivity contribution in [1.29, 1.82) is 0 Å². The molecule has 244 valence electrons. The van der Waals surface area contributed by atoms with E-state index in [1.165, 1.54) is 18.4 Å². The Morgan fingerprint density at radius 1 is 1.02 bits per heavy atom. The molecule has 0 bridgehead atoms. The molecule has 4 fully saturated rings. The number of pyridine rings is 1. The van der Waals surface area contributed by atoms with Crippen molar-refractivity contribution in [3.05, 3.63) is 86.0 Å². The Balaban J connectivity index is 1.02. The average molecular weight is 683 g/mol. The molecule has 7 rings (SSSR count). The first-order chi connectivity index (χ1) is 22.3. The fourth-order valence-corrected chi connectivity index (χ4v) is 7.76. The van der Waals surface area contributed by atoms with Crippen molar-refractivity contribution < 1.29 is 9.53 Å². The largest absolute Gasteiger partial charge is 0.485 e. The molecule has 0 radical (unpaired) electrons. The van der Waals surface area contributed by atoms with Gasteiger partial charge in [-0.15, -0.1) is 0 Å². The molecule has 46 heavy (non-hydrogen) atoms. The number of nitrogens with zero attached hydrogens (tertiary/aromatic N) is 3. The highest BCUT2D eigenvalue weighted by molar-refractivity contribution is 6.37. The Bertz CT molecular complexity index is 1540. The van der Waals surface area contributed by atoms with Gasteiger partial charge < -0.3 is 25.2 Å². The third kappa shape index (κ3) is 7.44. The van der Waals surface area contributed by atoms with Gasteiger partial charge in [0.1, 0.15) is 11.9 Å². The summed E-state index contributed by atoms with van der Waals surface area (Å²) in [5.41, 5.74) is 4.37. The maximum atomic E-state index is 14.3. The van der Waals surface area contributed by atoms with Crippen LogP contribution in [0.2, 0.25) is 15.1 Å². The molecular formula is C36H42Cl3N5O2. The van der Waals surface area contributed by atoms with Crippen LogP contribution in [0, 0.1) is 12.8 Å². The fraction of sp³-hybridized carbons (Fsp3) is 0.500. The average Bonchev–Trinajstić information content (AvgIpc) is 4.00. The third-order valence-corrected chi connectivity index (χ3v) is 10.7. The van der Waals surface area contributed by atoms with Gasteiger partial charge in [0.15, 0.2) is 5.75 Å². The van der Waals surface area contributed by atoms with Crippen LogP contribution in [0.1, 0.15) is 66.7 Å². The van der Waals surface area contributed by atoms with Crippen LogP contribution in [0.5, 0.6) is 5.75 Å². The standard InChI is InChI=1S/C36H42Cl3N5O2/c1-22-14-32(38)35(33(39)15-22)46-28-11-13-43(21-28)34-9-3-24(18-42-34)29-10-12-40-19-30(29)36(45)44(27-6-7-27)20-25-16-23(2-8-31(25)37)17-41-26-4-5-26/h2-3,8-9,14-16,18,26-30,40-41H,4-7,10-13,17,19-21H2,1H3/t28-,29+,30-/m0/s1. The van der Waals surface area contributed by atoms with Crippen molar-refractivity contribution in [3.8, 4) is 5.75 Å². The lowest BCUT2D eigenvalue weighted by molar-refractivity contribution is -0.138. The zero-order chi connectivity index (χ0) is 31.8. The van der Waals surface area contributed by atoms with Gasteiger partial charge in [-0.1, -0.05) is 53.0 Å². The Morgan fingerprint density at radius 3 is 2.54 bits per heavy atom. The van der Waals surface area contributed by atoms with Gasteiger partial charge in [0.05, 0.1) is 22.5 Å². The van der Waals surface area contributed by atoms with Gasteiger partial charge in [-0.2, -0.15) is 0 Å². The number of benzene rings is 2. The lowest BCUT2D eigenvalue weighted by Gasteiger charge is -2.36. The summed E-state index contributed by atoms with van der Waals surface area (Å²) in [7, 11) is 0. The number of hydrogen-bond donors (Lipinski definition) is 2. The molecule has 10 heteroatoms. The minimum atomic E-state index is -0.144.